The number of rotatable bonds is 2. The van der Waals surface area contributed by atoms with Gasteiger partial charge in [0.25, 0.3) is 0 Å². The Morgan fingerprint density at radius 1 is 0.880 bits per heavy atom. The quantitative estimate of drug-likeness (QED) is 0.446. The van der Waals surface area contributed by atoms with E-state index in [4.69, 9.17) is 4.74 Å². The van der Waals surface area contributed by atoms with Crippen LogP contribution < -0.4 is 4.74 Å². The summed E-state index contributed by atoms with van der Waals surface area (Å²) in [6.07, 6.45) is 4.55. The van der Waals surface area contributed by atoms with Crippen LogP contribution >= 0.6 is 0 Å². The van der Waals surface area contributed by atoms with E-state index in [1.807, 2.05) is 0 Å². The Hall–Kier alpha value is -1.15. The van der Waals surface area contributed by atoms with Gasteiger partial charge in [-0.15, -0.1) is 0 Å². The molecular formula is C23H27HfO. The largest absolute Gasteiger partial charge is 0.496 e. The number of benzene rings is 2. The van der Waals surface area contributed by atoms with Crippen molar-refractivity contribution in [3.63, 3.8) is 0 Å². The summed E-state index contributed by atoms with van der Waals surface area (Å²) in [7, 11) is 1.79. The zero-order valence-corrected chi connectivity index (χ0v) is 20.0. The molecule has 2 aromatic carbocycles. The Balaban J connectivity index is 0.00000225. The van der Waals surface area contributed by atoms with Gasteiger partial charge in [0.15, 0.2) is 0 Å². The second kappa shape index (κ2) is 7.23. The molecule has 1 nitrogen and oxygen atoms in total. The van der Waals surface area contributed by atoms with Crippen LogP contribution in [0.5, 0.6) is 5.75 Å². The first kappa shape index (κ1) is 20.2. The summed E-state index contributed by atoms with van der Waals surface area (Å²) in [5.41, 5.74) is 10.2. The van der Waals surface area contributed by atoms with Gasteiger partial charge in [-0.2, -0.15) is 0 Å². The van der Waals surface area contributed by atoms with Crippen LogP contribution in [0.2, 0.25) is 0 Å². The number of aryl methyl sites for hydroxylation is 2. The number of hydrogen-bond acceptors (Lipinski definition) is 1. The van der Waals surface area contributed by atoms with E-state index >= 15 is 0 Å². The molecule has 0 aromatic heterocycles. The minimum Gasteiger partial charge on any atom is -0.496 e. The van der Waals surface area contributed by atoms with E-state index in [1.165, 1.54) is 44.5 Å². The van der Waals surface area contributed by atoms with Crippen LogP contribution in [0.4, 0.5) is 0 Å². The molecule has 2 aromatic rings. The maximum Gasteiger partial charge on any atom is 0.131 e. The van der Waals surface area contributed by atoms with Crippen LogP contribution in [0.15, 0.2) is 29.8 Å². The third-order valence-corrected chi connectivity index (χ3v) is 4.63. The molecule has 1 aliphatic rings. The summed E-state index contributed by atoms with van der Waals surface area (Å²) >= 11 is 0. The molecule has 0 atom stereocenters. The van der Waals surface area contributed by atoms with Crippen LogP contribution in [-0.2, 0) is 31.3 Å². The molecule has 0 unspecified atom stereocenters. The second-order valence-corrected chi connectivity index (χ2v) is 7.99. The molecule has 0 N–H and O–H groups in total. The van der Waals surface area contributed by atoms with Gasteiger partial charge < -0.3 is 4.74 Å². The zero-order chi connectivity index (χ0) is 17.6. The van der Waals surface area contributed by atoms with Gasteiger partial charge in [0.05, 0.1) is 7.11 Å². The third-order valence-electron chi connectivity index (χ3n) is 4.63. The van der Waals surface area contributed by atoms with Crippen LogP contribution in [0.25, 0.3) is 17.2 Å². The SMILES string of the molecule is COc1c(C(C)(C)C)cc2c(c1-c1cc(C)cc(C)c1)C=C(C)[CH]2.[Hf]. The third kappa shape index (κ3) is 3.84. The van der Waals surface area contributed by atoms with Gasteiger partial charge in [-0.1, -0.05) is 67.8 Å². The molecule has 0 heterocycles. The Bertz CT molecular complexity index is 818. The summed E-state index contributed by atoms with van der Waals surface area (Å²) in [4.78, 5) is 0. The Morgan fingerprint density at radius 3 is 2.00 bits per heavy atom. The molecule has 1 aliphatic carbocycles. The van der Waals surface area contributed by atoms with E-state index in [9.17, 15) is 0 Å². The van der Waals surface area contributed by atoms with Crippen molar-refractivity contribution >= 4 is 6.08 Å². The van der Waals surface area contributed by atoms with Gasteiger partial charge in [0, 0.05) is 43.4 Å². The fourth-order valence-corrected chi connectivity index (χ4v) is 3.66. The molecule has 0 bridgehead atoms. The van der Waals surface area contributed by atoms with Crippen molar-refractivity contribution in [2.75, 3.05) is 7.11 Å². The minimum atomic E-state index is 0. The maximum atomic E-state index is 5.95. The molecule has 0 saturated carbocycles. The number of methoxy groups -OCH3 is 1. The monoisotopic (exact) mass is 499 g/mol. The van der Waals surface area contributed by atoms with Crippen molar-refractivity contribution in [1.29, 1.82) is 0 Å². The number of ether oxygens (including phenoxy) is 1. The molecule has 0 fully saturated rings. The molecule has 0 spiro atoms. The predicted molar refractivity (Wildman–Crippen MR) is 104 cm³/mol. The Morgan fingerprint density at radius 2 is 1.48 bits per heavy atom. The summed E-state index contributed by atoms with van der Waals surface area (Å²) in [5, 5.41) is 0. The van der Waals surface area contributed by atoms with Gasteiger partial charge in [-0.3, -0.25) is 0 Å². The summed E-state index contributed by atoms with van der Waals surface area (Å²) in [6, 6.07) is 9.04. The summed E-state index contributed by atoms with van der Waals surface area (Å²) < 4.78 is 5.95. The first-order valence-corrected chi connectivity index (χ1v) is 8.58. The standard InChI is InChI=1S/C23H27O.Hf/c1-14-8-15(2)11-18(10-14)21-19-12-16(3)9-17(19)13-20(22(21)24-7)23(4,5)6;/h8-13H,1-7H3;. The molecule has 1 radical (unpaired) electrons. The van der Waals surface area contributed by atoms with Gasteiger partial charge in [-0.05, 0) is 42.9 Å². The van der Waals surface area contributed by atoms with E-state index in [0.29, 0.717) is 0 Å². The van der Waals surface area contributed by atoms with E-state index < -0.39 is 0 Å². The first-order chi connectivity index (χ1) is 11.2. The average Bonchev–Trinajstić information content (AvgIpc) is 2.82. The fraction of sp³-hybridized carbons (Fsp3) is 0.348. The second-order valence-electron chi connectivity index (χ2n) is 7.99. The number of hydrogen-bond donors (Lipinski definition) is 0. The zero-order valence-electron chi connectivity index (χ0n) is 16.4. The predicted octanol–water partition coefficient (Wildman–Crippen LogP) is 6.24. The molecule has 129 valence electrons. The molecule has 25 heavy (non-hydrogen) atoms. The van der Waals surface area contributed by atoms with Crippen molar-refractivity contribution in [2.45, 2.75) is 47.0 Å². The van der Waals surface area contributed by atoms with E-state index in [1.54, 1.807) is 7.11 Å². The Kier molecular flexibility index (Phi) is 5.83. The maximum absolute atomic E-state index is 5.95. The van der Waals surface area contributed by atoms with Crippen LogP contribution in [0.1, 0.15) is 55.5 Å². The molecule has 0 saturated heterocycles. The molecular weight excluding hydrogens is 471 g/mol. The van der Waals surface area contributed by atoms with Crippen molar-refractivity contribution < 1.29 is 30.6 Å². The van der Waals surface area contributed by atoms with Gasteiger partial charge in [0.1, 0.15) is 5.75 Å². The van der Waals surface area contributed by atoms with Gasteiger partial charge >= 0.3 is 0 Å². The molecule has 0 aliphatic heterocycles. The van der Waals surface area contributed by atoms with Crippen LogP contribution in [0.3, 0.4) is 0 Å². The van der Waals surface area contributed by atoms with Crippen LogP contribution in [-0.4, -0.2) is 7.11 Å². The fourth-order valence-electron chi connectivity index (χ4n) is 3.66. The molecule has 2 heteroatoms. The number of fused-ring (bicyclic) bond motifs is 1. The van der Waals surface area contributed by atoms with Gasteiger partial charge in [-0.25, -0.2) is 0 Å². The average molecular weight is 498 g/mol. The summed E-state index contributed by atoms with van der Waals surface area (Å²) in [6.45, 7) is 13.2. The van der Waals surface area contributed by atoms with Crippen molar-refractivity contribution in [3.05, 3.63) is 64.1 Å². The first-order valence-electron chi connectivity index (χ1n) is 8.58. The Labute approximate surface area is 171 Å². The van der Waals surface area contributed by atoms with Crippen molar-refractivity contribution in [1.82, 2.24) is 0 Å². The van der Waals surface area contributed by atoms with Crippen molar-refractivity contribution in [2.24, 2.45) is 0 Å². The number of allylic oxidation sites excluding steroid dienone is 1. The van der Waals surface area contributed by atoms with Crippen LogP contribution in [0, 0.1) is 20.3 Å². The van der Waals surface area contributed by atoms with Crippen molar-refractivity contribution in [3.8, 4) is 16.9 Å². The minimum absolute atomic E-state index is 0. The topological polar surface area (TPSA) is 9.23 Å². The summed E-state index contributed by atoms with van der Waals surface area (Å²) in [5.74, 6) is 1.01. The molecule has 3 rings (SSSR count). The van der Waals surface area contributed by atoms with E-state index in [0.717, 1.165) is 5.75 Å². The molecule has 0 amide bonds. The van der Waals surface area contributed by atoms with E-state index in [2.05, 4.69) is 78.3 Å². The smallest absolute Gasteiger partial charge is 0.131 e. The van der Waals surface area contributed by atoms with E-state index in [-0.39, 0.29) is 31.3 Å². The normalized spacial score (nSPS) is 13.2. The van der Waals surface area contributed by atoms with Gasteiger partial charge in [0.2, 0.25) is 0 Å².